The summed E-state index contributed by atoms with van der Waals surface area (Å²) in [7, 11) is 1.84. The minimum Gasteiger partial charge on any atom is -0.345 e. The number of fused-ring (bicyclic) bond motifs is 1. The summed E-state index contributed by atoms with van der Waals surface area (Å²) in [5, 5.41) is 11.1. The Bertz CT molecular complexity index is 1080. The van der Waals surface area contributed by atoms with Gasteiger partial charge in [-0.25, -0.2) is 4.98 Å². The molecule has 1 aromatic carbocycles. The number of benzene rings is 1. The Labute approximate surface area is 170 Å². The van der Waals surface area contributed by atoms with Crippen LogP contribution in [0.3, 0.4) is 0 Å². The Morgan fingerprint density at radius 1 is 1.14 bits per heavy atom. The molecule has 0 saturated carbocycles. The summed E-state index contributed by atoms with van der Waals surface area (Å²) in [6, 6.07) is 9.09. The molecule has 3 rings (SSSR count). The molecule has 1 unspecified atom stereocenters. The third-order valence-electron chi connectivity index (χ3n) is 4.88. The molecule has 152 valence electrons. The molecular formula is C22H27N5O2. The SMILES string of the molecule is CC(=O)Nc1cccc(C(C)NC(=O)c2cc(C(C)C)nc3c2c(C)nn3C)c1. The van der Waals surface area contributed by atoms with Crippen LogP contribution >= 0.6 is 0 Å². The predicted molar refractivity (Wildman–Crippen MR) is 114 cm³/mol. The highest BCUT2D eigenvalue weighted by Crippen LogP contribution is 2.26. The van der Waals surface area contributed by atoms with Gasteiger partial charge in [0.25, 0.3) is 5.91 Å². The van der Waals surface area contributed by atoms with Crippen LogP contribution in [0.5, 0.6) is 0 Å². The predicted octanol–water partition coefficient (Wildman–Crippen LogP) is 3.85. The van der Waals surface area contributed by atoms with Gasteiger partial charge in [-0.1, -0.05) is 26.0 Å². The fraction of sp³-hybridized carbons (Fsp3) is 0.364. The molecule has 3 aromatic rings. The normalized spacial score (nSPS) is 12.2. The second-order valence-electron chi connectivity index (χ2n) is 7.66. The van der Waals surface area contributed by atoms with Crippen molar-refractivity contribution < 1.29 is 9.59 Å². The molecule has 0 bridgehead atoms. The molecule has 0 spiro atoms. The van der Waals surface area contributed by atoms with Crippen LogP contribution in [0.4, 0.5) is 5.69 Å². The maximum Gasteiger partial charge on any atom is 0.252 e. The van der Waals surface area contributed by atoms with Gasteiger partial charge >= 0.3 is 0 Å². The van der Waals surface area contributed by atoms with Crippen molar-refractivity contribution in [1.82, 2.24) is 20.1 Å². The zero-order chi connectivity index (χ0) is 21.3. The summed E-state index contributed by atoms with van der Waals surface area (Å²) in [5.41, 5.74) is 4.52. The van der Waals surface area contributed by atoms with Crippen molar-refractivity contribution >= 4 is 28.5 Å². The first-order valence-electron chi connectivity index (χ1n) is 9.70. The zero-order valence-electron chi connectivity index (χ0n) is 17.7. The molecular weight excluding hydrogens is 366 g/mol. The number of carbonyl (C=O) groups is 2. The fourth-order valence-electron chi connectivity index (χ4n) is 3.39. The molecule has 2 amide bonds. The number of nitrogens with one attached hydrogen (secondary N) is 2. The summed E-state index contributed by atoms with van der Waals surface area (Å²) >= 11 is 0. The molecule has 1 atom stereocenters. The minimum absolute atomic E-state index is 0.133. The minimum atomic E-state index is -0.237. The first-order chi connectivity index (χ1) is 13.7. The van der Waals surface area contributed by atoms with Crippen LogP contribution in [-0.2, 0) is 11.8 Å². The van der Waals surface area contributed by atoms with Crippen LogP contribution in [0.25, 0.3) is 11.0 Å². The second kappa shape index (κ2) is 8.03. The van der Waals surface area contributed by atoms with Gasteiger partial charge in [0.05, 0.1) is 22.7 Å². The Morgan fingerprint density at radius 2 is 1.86 bits per heavy atom. The average molecular weight is 393 g/mol. The highest BCUT2D eigenvalue weighted by atomic mass is 16.2. The molecule has 0 aliphatic heterocycles. The third-order valence-corrected chi connectivity index (χ3v) is 4.88. The Hall–Kier alpha value is -3.22. The summed E-state index contributed by atoms with van der Waals surface area (Å²) in [5.74, 6) is -0.118. The van der Waals surface area contributed by atoms with Crippen LogP contribution < -0.4 is 10.6 Å². The molecule has 0 aliphatic rings. The summed E-state index contributed by atoms with van der Waals surface area (Å²) in [6.07, 6.45) is 0. The van der Waals surface area contributed by atoms with E-state index < -0.39 is 0 Å². The number of anilines is 1. The van der Waals surface area contributed by atoms with Gasteiger partial charge in [0.15, 0.2) is 5.65 Å². The van der Waals surface area contributed by atoms with E-state index in [-0.39, 0.29) is 23.8 Å². The molecule has 2 aromatic heterocycles. The van der Waals surface area contributed by atoms with E-state index in [0.29, 0.717) is 16.9 Å². The van der Waals surface area contributed by atoms with E-state index in [2.05, 4.69) is 29.6 Å². The van der Waals surface area contributed by atoms with Gasteiger partial charge in [-0.2, -0.15) is 5.10 Å². The summed E-state index contributed by atoms with van der Waals surface area (Å²) < 4.78 is 1.72. The maximum atomic E-state index is 13.2. The first kappa shape index (κ1) is 20.5. The van der Waals surface area contributed by atoms with Crippen molar-refractivity contribution in [3.05, 3.63) is 52.8 Å². The van der Waals surface area contributed by atoms with Crippen molar-refractivity contribution in [2.24, 2.45) is 7.05 Å². The quantitative estimate of drug-likeness (QED) is 0.689. The number of aryl methyl sites for hydroxylation is 2. The Kier molecular flexibility index (Phi) is 5.68. The van der Waals surface area contributed by atoms with Crippen molar-refractivity contribution in [3.8, 4) is 0 Å². The van der Waals surface area contributed by atoms with Gasteiger partial charge in [0, 0.05) is 25.4 Å². The monoisotopic (exact) mass is 393 g/mol. The molecule has 0 fully saturated rings. The van der Waals surface area contributed by atoms with E-state index in [0.717, 1.165) is 22.3 Å². The lowest BCUT2D eigenvalue weighted by molar-refractivity contribution is -0.114. The number of hydrogen-bond acceptors (Lipinski definition) is 4. The first-order valence-corrected chi connectivity index (χ1v) is 9.70. The number of hydrogen-bond donors (Lipinski definition) is 2. The van der Waals surface area contributed by atoms with Gasteiger partial charge in [-0.3, -0.25) is 14.3 Å². The summed E-state index contributed by atoms with van der Waals surface area (Å²) in [6.45, 7) is 9.37. The van der Waals surface area contributed by atoms with E-state index in [4.69, 9.17) is 4.98 Å². The Balaban J connectivity index is 1.94. The van der Waals surface area contributed by atoms with E-state index in [9.17, 15) is 9.59 Å². The second-order valence-corrected chi connectivity index (χ2v) is 7.66. The van der Waals surface area contributed by atoms with Gasteiger partial charge in [0.1, 0.15) is 0 Å². The van der Waals surface area contributed by atoms with E-state index in [1.807, 2.05) is 51.2 Å². The van der Waals surface area contributed by atoms with Gasteiger partial charge in [0.2, 0.25) is 5.91 Å². The molecule has 0 saturated heterocycles. The lowest BCUT2D eigenvalue weighted by Crippen LogP contribution is -2.27. The highest BCUT2D eigenvalue weighted by Gasteiger charge is 2.21. The zero-order valence-corrected chi connectivity index (χ0v) is 17.7. The molecule has 0 radical (unpaired) electrons. The lowest BCUT2D eigenvalue weighted by Gasteiger charge is -2.17. The van der Waals surface area contributed by atoms with E-state index in [1.165, 1.54) is 6.92 Å². The van der Waals surface area contributed by atoms with Gasteiger partial charge in [-0.15, -0.1) is 0 Å². The van der Waals surface area contributed by atoms with E-state index >= 15 is 0 Å². The largest absolute Gasteiger partial charge is 0.345 e. The topological polar surface area (TPSA) is 88.9 Å². The van der Waals surface area contributed by atoms with Crippen LogP contribution in [0.2, 0.25) is 0 Å². The van der Waals surface area contributed by atoms with Crippen molar-refractivity contribution in [2.75, 3.05) is 5.32 Å². The standard InChI is InChI=1S/C22H27N5O2/c1-12(2)19-11-18(20-14(4)26-27(6)21(20)25-19)22(29)23-13(3)16-8-7-9-17(10-16)24-15(5)28/h7-13H,1-6H3,(H,23,29)(H,24,28). The number of pyridine rings is 1. The molecule has 0 aliphatic carbocycles. The molecule has 2 heterocycles. The number of rotatable bonds is 5. The average Bonchev–Trinajstić information content (AvgIpc) is 2.94. The van der Waals surface area contributed by atoms with Crippen molar-refractivity contribution in [1.29, 1.82) is 0 Å². The van der Waals surface area contributed by atoms with Crippen LogP contribution in [-0.4, -0.2) is 26.6 Å². The van der Waals surface area contributed by atoms with Crippen LogP contribution in [0.15, 0.2) is 30.3 Å². The molecule has 7 heteroatoms. The van der Waals surface area contributed by atoms with Crippen LogP contribution in [0.1, 0.15) is 67.0 Å². The number of carbonyl (C=O) groups excluding carboxylic acids is 2. The van der Waals surface area contributed by atoms with E-state index in [1.54, 1.807) is 4.68 Å². The molecule has 2 N–H and O–H groups in total. The van der Waals surface area contributed by atoms with Crippen molar-refractivity contribution in [3.63, 3.8) is 0 Å². The maximum absolute atomic E-state index is 13.2. The van der Waals surface area contributed by atoms with Gasteiger partial charge < -0.3 is 10.6 Å². The smallest absolute Gasteiger partial charge is 0.252 e. The number of nitrogens with zero attached hydrogens (tertiary/aromatic N) is 3. The fourth-order valence-corrected chi connectivity index (χ4v) is 3.39. The highest BCUT2D eigenvalue weighted by molar-refractivity contribution is 6.06. The lowest BCUT2D eigenvalue weighted by atomic mass is 10.0. The Morgan fingerprint density at radius 3 is 2.52 bits per heavy atom. The number of amides is 2. The third kappa shape index (κ3) is 4.29. The van der Waals surface area contributed by atoms with Crippen LogP contribution in [0, 0.1) is 6.92 Å². The van der Waals surface area contributed by atoms with Gasteiger partial charge in [-0.05, 0) is 43.5 Å². The number of aromatic nitrogens is 3. The van der Waals surface area contributed by atoms with Crippen molar-refractivity contribution in [2.45, 2.75) is 46.6 Å². The molecule has 7 nitrogen and oxygen atoms in total. The summed E-state index contributed by atoms with van der Waals surface area (Å²) in [4.78, 5) is 29.2. The molecule has 29 heavy (non-hydrogen) atoms.